The lowest BCUT2D eigenvalue weighted by Gasteiger charge is -2.33. The molecule has 2 aromatic carbocycles. The summed E-state index contributed by atoms with van der Waals surface area (Å²) in [6.45, 7) is 4.10. The van der Waals surface area contributed by atoms with Crippen molar-refractivity contribution in [3.8, 4) is 5.75 Å². The number of hydrogen-bond acceptors (Lipinski definition) is 4. The molecule has 0 bridgehead atoms. The maximum atomic E-state index is 13.3. The average molecular weight is 357 g/mol. The zero-order valence-corrected chi connectivity index (χ0v) is 14.9. The van der Waals surface area contributed by atoms with E-state index in [4.69, 9.17) is 0 Å². The van der Waals surface area contributed by atoms with Gasteiger partial charge < -0.3 is 14.9 Å². The number of para-hydroxylation sites is 1. The van der Waals surface area contributed by atoms with Crippen molar-refractivity contribution in [1.82, 2.24) is 9.80 Å². The number of hydrogen-bond donors (Lipinski definition) is 1. The van der Waals surface area contributed by atoms with Crippen molar-refractivity contribution in [2.24, 2.45) is 0 Å². The van der Waals surface area contributed by atoms with Crippen molar-refractivity contribution < 1.29 is 14.3 Å². The van der Waals surface area contributed by atoms with E-state index in [9.17, 15) is 14.3 Å². The molecule has 1 heterocycles. The number of phenols is 1. The summed E-state index contributed by atoms with van der Waals surface area (Å²) in [5.41, 5.74) is 1.28. The van der Waals surface area contributed by atoms with Crippen LogP contribution < -0.4 is 4.90 Å². The highest BCUT2D eigenvalue weighted by Gasteiger charge is 2.22. The van der Waals surface area contributed by atoms with E-state index in [0.29, 0.717) is 17.8 Å². The molecule has 6 heteroatoms. The highest BCUT2D eigenvalue weighted by Crippen LogP contribution is 2.23. The van der Waals surface area contributed by atoms with Gasteiger partial charge in [-0.2, -0.15) is 0 Å². The molecule has 138 valence electrons. The second kappa shape index (κ2) is 8.29. The summed E-state index contributed by atoms with van der Waals surface area (Å²) in [7, 11) is 2.07. The molecule has 0 radical (unpaired) electrons. The lowest BCUT2D eigenvalue weighted by atomic mass is 10.1. The van der Waals surface area contributed by atoms with Gasteiger partial charge in [0.25, 0.3) is 0 Å². The fraction of sp³-hybridized carbons (Fsp3) is 0.350. The van der Waals surface area contributed by atoms with Crippen LogP contribution >= 0.6 is 0 Å². The highest BCUT2D eigenvalue weighted by atomic mass is 19.1. The van der Waals surface area contributed by atoms with Crippen LogP contribution in [0.4, 0.5) is 10.1 Å². The maximum absolute atomic E-state index is 13.3. The van der Waals surface area contributed by atoms with E-state index in [2.05, 4.69) is 16.8 Å². The van der Waals surface area contributed by atoms with Crippen LogP contribution in [-0.4, -0.2) is 60.6 Å². The minimum atomic E-state index is -0.345. The van der Waals surface area contributed by atoms with E-state index in [1.54, 1.807) is 35.2 Å². The first-order valence-electron chi connectivity index (χ1n) is 8.76. The Hall–Kier alpha value is -2.44. The molecule has 3 rings (SSSR count). The number of amides is 1. The third kappa shape index (κ3) is 4.59. The van der Waals surface area contributed by atoms with Gasteiger partial charge >= 0.3 is 0 Å². The lowest BCUT2D eigenvalue weighted by Crippen LogP contribution is -2.48. The van der Waals surface area contributed by atoms with Gasteiger partial charge in [0.1, 0.15) is 11.6 Å². The molecule has 0 aromatic heterocycles. The van der Waals surface area contributed by atoms with Crippen LogP contribution in [0.25, 0.3) is 0 Å². The third-order valence-electron chi connectivity index (χ3n) is 4.71. The largest absolute Gasteiger partial charge is 0.508 e. The van der Waals surface area contributed by atoms with Gasteiger partial charge in [-0.25, -0.2) is 4.39 Å². The number of benzene rings is 2. The van der Waals surface area contributed by atoms with E-state index in [-0.39, 0.29) is 24.0 Å². The second-order valence-electron chi connectivity index (χ2n) is 6.66. The molecule has 0 saturated carbocycles. The number of carbonyl (C=O) groups is 1. The second-order valence-corrected chi connectivity index (χ2v) is 6.66. The molecule has 1 saturated heterocycles. The van der Waals surface area contributed by atoms with Crippen LogP contribution in [-0.2, 0) is 11.3 Å². The molecule has 2 aromatic rings. The van der Waals surface area contributed by atoms with Gasteiger partial charge in [-0.05, 0) is 37.4 Å². The molecule has 1 amide bonds. The number of halogens is 1. The minimum Gasteiger partial charge on any atom is -0.508 e. The lowest BCUT2D eigenvalue weighted by molar-refractivity contribution is -0.120. The third-order valence-corrected chi connectivity index (χ3v) is 4.71. The smallest absolute Gasteiger partial charge is 0.241 e. The Labute approximate surface area is 153 Å². The number of rotatable bonds is 5. The van der Waals surface area contributed by atoms with Crippen LogP contribution in [0.2, 0.25) is 0 Å². The van der Waals surface area contributed by atoms with Crippen LogP contribution in [0, 0.1) is 5.82 Å². The number of phenolic OH excluding ortho intramolecular Hbond substituents is 1. The van der Waals surface area contributed by atoms with Crippen LogP contribution in [0.1, 0.15) is 5.56 Å². The predicted octanol–water partition coefficient (Wildman–Crippen LogP) is 2.31. The Morgan fingerprint density at radius 3 is 2.38 bits per heavy atom. The highest BCUT2D eigenvalue weighted by molar-refractivity contribution is 5.94. The van der Waals surface area contributed by atoms with Crippen molar-refractivity contribution in [3.63, 3.8) is 0 Å². The van der Waals surface area contributed by atoms with Gasteiger partial charge in [0.2, 0.25) is 5.91 Å². The predicted molar refractivity (Wildman–Crippen MR) is 99.6 cm³/mol. The summed E-state index contributed by atoms with van der Waals surface area (Å²) in [6.07, 6.45) is 0. The first-order valence-corrected chi connectivity index (χ1v) is 8.76. The van der Waals surface area contributed by atoms with Crippen LogP contribution in [0.3, 0.4) is 0 Å². The first kappa shape index (κ1) is 18.4. The van der Waals surface area contributed by atoms with Gasteiger partial charge in [0.15, 0.2) is 0 Å². The van der Waals surface area contributed by atoms with Crippen molar-refractivity contribution in [2.45, 2.75) is 6.54 Å². The minimum absolute atomic E-state index is 0.0654. The monoisotopic (exact) mass is 357 g/mol. The molecular formula is C20H24FN3O2. The number of piperazine rings is 1. The van der Waals surface area contributed by atoms with E-state index in [1.165, 1.54) is 12.1 Å². The molecular weight excluding hydrogens is 333 g/mol. The normalized spacial score (nSPS) is 15.8. The maximum Gasteiger partial charge on any atom is 0.241 e. The molecule has 0 spiro atoms. The van der Waals surface area contributed by atoms with Gasteiger partial charge in [-0.1, -0.05) is 18.2 Å². The fourth-order valence-electron chi connectivity index (χ4n) is 3.04. The molecule has 5 nitrogen and oxygen atoms in total. The van der Waals surface area contributed by atoms with Crippen LogP contribution in [0.5, 0.6) is 5.75 Å². The van der Waals surface area contributed by atoms with Crippen molar-refractivity contribution >= 4 is 11.6 Å². The van der Waals surface area contributed by atoms with Crippen molar-refractivity contribution in [3.05, 3.63) is 59.9 Å². The summed E-state index contributed by atoms with van der Waals surface area (Å²) in [5, 5.41) is 10.1. The van der Waals surface area contributed by atoms with Gasteiger partial charge in [-0.15, -0.1) is 0 Å². The summed E-state index contributed by atoms with van der Waals surface area (Å²) in [5.74, 6) is -0.265. The SMILES string of the molecule is CN1CCN(CC(=O)N(Cc2ccccc2O)c2ccc(F)cc2)CC1. The number of anilines is 1. The summed E-state index contributed by atoms with van der Waals surface area (Å²) in [4.78, 5) is 19.0. The molecule has 0 atom stereocenters. The van der Waals surface area contributed by atoms with Crippen molar-refractivity contribution in [1.29, 1.82) is 0 Å². The average Bonchev–Trinajstić information content (AvgIpc) is 2.64. The van der Waals surface area contributed by atoms with Gasteiger partial charge in [-0.3, -0.25) is 9.69 Å². The quantitative estimate of drug-likeness (QED) is 0.892. The van der Waals surface area contributed by atoms with E-state index < -0.39 is 0 Å². The van der Waals surface area contributed by atoms with Gasteiger partial charge in [0, 0.05) is 37.4 Å². The Morgan fingerprint density at radius 1 is 1.08 bits per heavy atom. The first-order chi connectivity index (χ1) is 12.5. The summed E-state index contributed by atoms with van der Waals surface area (Å²) in [6, 6.07) is 12.8. The topological polar surface area (TPSA) is 47.0 Å². The zero-order valence-electron chi connectivity index (χ0n) is 14.9. The fourth-order valence-corrected chi connectivity index (χ4v) is 3.04. The van der Waals surface area contributed by atoms with Gasteiger partial charge in [0.05, 0.1) is 13.1 Å². The summed E-state index contributed by atoms with van der Waals surface area (Å²) >= 11 is 0. The summed E-state index contributed by atoms with van der Waals surface area (Å²) < 4.78 is 13.3. The Kier molecular flexibility index (Phi) is 5.85. The Bertz CT molecular complexity index is 743. The number of aromatic hydroxyl groups is 1. The van der Waals surface area contributed by atoms with E-state index in [0.717, 1.165) is 26.2 Å². The standard InChI is InChI=1S/C20H24FN3O2/c1-22-10-12-23(13-11-22)15-20(26)24(18-8-6-17(21)7-9-18)14-16-4-2-3-5-19(16)25/h2-9,25H,10-15H2,1H3. The number of nitrogens with zero attached hydrogens (tertiary/aromatic N) is 3. The Morgan fingerprint density at radius 2 is 1.73 bits per heavy atom. The molecule has 1 aliphatic rings. The molecule has 26 heavy (non-hydrogen) atoms. The van der Waals surface area contributed by atoms with E-state index in [1.807, 2.05) is 6.07 Å². The number of likely N-dealkylation sites (N-methyl/N-ethyl adjacent to an activating group) is 1. The van der Waals surface area contributed by atoms with Crippen LogP contribution in [0.15, 0.2) is 48.5 Å². The molecule has 1 N–H and O–H groups in total. The van der Waals surface area contributed by atoms with E-state index >= 15 is 0 Å². The zero-order chi connectivity index (χ0) is 18.5. The molecule has 1 fully saturated rings. The molecule has 0 aliphatic carbocycles. The Balaban J connectivity index is 1.79. The number of carbonyl (C=O) groups excluding carboxylic acids is 1. The molecule has 0 unspecified atom stereocenters. The molecule has 1 aliphatic heterocycles. The van der Waals surface area contributed by atoms with Crippen molar-refractivity contribution in [2.75, 3.05) is 44.7 Å².